The highest BCUT2D eigenvalue weighted by atomic mass is 14.4. The van der Waals surface area contributed by atoms with E-state index in [2.05, 4.69) is 55.6 Å². The minimum atomic E-state index is 0.237. The fraction of sp³-hybridized carbons (Fsp3) is 0.412. The lowest BCUT2D eigenvalue weighted by Crippen LogP contribution is -2.28. The van der Waals surface area contributed by atoms with E-state index in [-0.39, 0.29) is 5.41 Å². The number of hydrogen-bond donors (Lipinski definition) is 0. The maximum Gasteiger partial charge on any atom is 0.0106 e. The molecule has 0 nitrogen and oxygen atoms in total. The Labute approximate surface area is 105 Å². The fourth-order valence-electron chi connectivity index (χ4n) is 3.22. The van der Waals surface area contributed by atoms with Crippen molar-refractivity contribution in [2.45, 2.75) is 38.0 Å². The first-order valence-corrected chi connectivity index (χ1v) is 6.63. The van der Waals surface area contributed by atoms with Gasteiger partial charge in [0, 0.05) is 5.92 Å². The molecule has 1 unspecified atom stereocenters. The van der Waals surface area contributed by atoms with E-state index < -0.39 is 0 Å². The van der Waals surface area contributed by atoms with Crippen molar-refractivity contribution in [1.29, 1.82) is 0 Å². The molecule has 17 heavy (non-hydrogen) atoms. The summed E-state index contributed by atoms with van der Waals surface area (Å²) in [5.41, 5.74) is 1.62. The first-order valence-electron chi connectivity index (χ1n) is 6.63. The Hall–Kier alpha value is -1.30. The molecule has 1 saturated carbocycles. The summed E-state index contributed by atoms with van der Waals surface area (Å²) >= 11 is 0. The summed E-state index contributed by atoms with van der Waals surface area (Å²) in [6.45, 7) is 8.16. The van der Waals surface area contributed by atoms with E-state index in [0.717, 1.165) is 0 Å². The minimum Gasteiger partial charge on any atom is -0.102 e. The minimum absolute atomic E-state index is 0.237. The average Bonchev–Trinajstić information content (AvgIpc) is 2.42. The van der Waals surface area contributed by atoms with Gasteiger partial charge in [0.05, 0.1) is 0 Å². The number of allylic oxidation sites excluding steroid dienone is 2. The van der Waals surface area contributed by atoms with Gasteiger partial charge in [-0.05, 0) is 23.8 Å². The number of benzene rings is 1. The average molecular weight is 226 g/mol. The van der Waals surface area contributed by atoms with Crippen molar-refractivity contribution in [2.75, 3.05) is 0 Å². The molecule has 1 aliphatic carbocycles. The van der Waals surface area contributed by atoms with Gasteiger partial charge < -0.3 is 0 Å². The molecule has 0 saturated heterocycles. The van der Waals surface area contributed by atoms with Crippen LogP contribution in [-0.2, 0) is 0 Å². The third-order valence-electron chi connectivity index (χ3n) is 4.20. The van der Waals surface area contributed by atoms with Crippen molar-refractivity contribution in [1.82, 2.24) is 0 Å². The molecule has 0 amide bonds. The van der Waals surface area contributed by atoms with Crippen molar-refractivity contribution in [3.63, 3.8) is 0 Å². The summed E-state index contributed by atoms with van der Waals surface area (Å²) in [7, 11) is 0. The standard InChI is InChI=1S/C17H22/c1-3-16(15-11-7-5-8-12-15)17(4-2)13-9-6-10-14-17/h3-5,7-8,11-12,16H,1-2,6,9-10,13-14H2. The third-order valence-corrected chi connectivity index (χ3v) is 4.20. The zero-order valence-corrected chi connectivity index (χ0v) is 10.6. The van der Waals surface area contributed by atoms with Crippen LogP contribution < -0.4 is 0 Å². The highest BCUT2D eigenvalue weighted by Gasteiger charge is 2.36. The highest BCUT2D eigenvalue weighted by molar-refractivity contribution is 5.29. The molecular weight excluding hydrogens is 204 g/mol. The van der Waals surface area contributed by atoms with Gasteiger partial charge in [0.25, 0.3) is 0 Å². The molecule has 0 aliphatic heterocycles. The summed E-state index contributed by atoms with van der Waals surface area (Å²) in [5, 5.41) is 0. The lowest BCUT2D eigenvalue weighted by molar-refractivity contribution is 0.232. The second kappa shape index (κ2) is 5.35. The Balaban J connectivity index is 2.33. The third kappa shape index (κ3) is 2.36. The molecule has 1 aromatic carbocycles. The molecule has 0 heteroatoms. The molecule has 0 aromatic heterocycles. The molecule has 1 aromatic rings. The second-order valence-electron chi connectivity index (χ2n) is 5.12. The fourth-order valence-corrected chi connectivity index (χ4v) is 3.22. The van der Waals surface area contributed by atoms with Gasteiger partial charge in [-0.15, -0.1) is 13.2 Å². The highest BCUT2D eigenvalue weighted by Crippen LogP contribution is 2.48. The second-order valence-corrected chi connectivity index (χ2v) is 5.12. The zero-order valence-electron chi connectivity index (χ0n) is 10.6. The number of hydrogen-bond acceptors (Lipinski definition) is 0. The molecule has 0 heterocycles. The molecule has 90 valence electrons. The Morgan fingerprint density at radius 3 is 2.18 bits per heavy atom. The van der Waals surface area contributed by atoms with Crippen molar-refractivity contribution in [3.05, 3.63) is 61.2 Å². The van der Waals surface area contributed by atoms with Gasteiger partial charge in [0.15, 0.2) is 0 Å². The lowest BCUT2D eigenvalue weighted by Gasteiger charge is -2.40. The van der Waals surface area contributed by atoms with Crippen LogP contribution in [0.25, 0.3) is 0 Å². The quantitative estimate of drug-likeness (QED) is 0.627. The van der Waals surface area contributed by atoms with Gasteiger partial charge in [-0.1, -0.05) is 61.7 Å². The van der Waals surface area contributed by atoms with Crippen LogP contribution in [0.5, 0.6) is 0 Å². The molecular formula is C17H22. The molecule has 0 N–H and O–H groups in total. The van der Waals surface area contributed by atoms with Crippen LogP contribution in [0.1, 0.15) is 43.6 Å². The molecule has 2 rings (SSSR count). The molecule has 1 aliphatic rings. The Morgan fingerprint density at radius 1 is 1.00 bits per heavy atom. The van der Waals surface area contributed by atoms with Gasteiger partial charge in [0.1, 0.15) is 0 Å². The van der Waals surface area contributed by atoms with Crippen molar-refractivity contribution < 1.29 is 0 Å². The van der Waals surface area contributed by atoms with E-state index in [1.54, 1.807) is 0 Å². The van der Waals surface area contributed by atoms with E-state index in [9.17, 15) is 0 Å². The van der Waals surface area contributed by atoms with Crippen LogP contribution in [0, 0.1) is 5.41 Å². The summed E-state index contributed by atoms with van der Waals surface area (Å²) in [5.74, 6) is 0.418. The monoisotopic (exact) mass is 226 g/mol. The molecule has 0 bridgehead atoms. The molecule has 1 fully saturated rings. The number of rotatable bonds is 4. The van der Waals surface area contributed by atoms with Crippen LogP contribution in [0.4, 0.5) is 0 Å². The molecule has 0 spiro atoms. The smallest absolute Gasteiger partial charge is 0.0106 e. The van der Waals surface area contributed by atoms with Crippen LogP contribution in [-0.4, -0.2) is 0 Å². The maximum absolute atomic E-state index is 4.10. The maximum atomic E-state index is 4.10. The largest absolute Gasteiger partial charge is 0.102 e. The normalized spacial score (nSPS) is 20.5. The van der Waals surface area contributed by atoms with E-state index in [0.29, 0.717) is 5.92 Å². The Kier molecular flexibility index (Phi) is 3.83. The van der Waals surface area contributed by atoms with Gasteiger partial charge in [-0.2, -0.15) is 0 Å². The predicted molar refractivity (Wildman–Crippen MR) is 75.1 cm³/mol. The van der Waals surface area contributed by atoms with E-state index in [4.69, 9.17) is 0 Å². The van der Waals surface area contributed by atoms with Crippen molar-refractivity contribution >= 4 is 0 Å². The topological polar surface area (TPSA) is 0 Å². The van der Waals surface area contributed by atoms with Crippen LogP contribution in [0.3, 0.4) is 0 Å². The summed E-state index contributed by atoms with van der Waals surface area (Å²) in [6.07, 6.45) is 10.8. The molecule has 0 radical (unpaired) electrons. The van der Waals surface area contributed by atoms with Crippen molar-refractivity contribution in [3.8, 4) is 0 Å². The SMILES string of the molecule is C=CC(c1ccccc1)C1(C=C)CCCCC1. The van der Waals surface area contributed by atoms with E-state index >= 15 is 0 Å². The lowest BCUT2D eigenvalue weighted by atomic mass is 9.64. The van der Waals surface area contributed by atoms with Crippen LogP contribution in [0.15, 0.2) is 55.6 Å². The summed E-state index contributed by atoms with van der Waals surface area (Å²) in [6, 6.07) is 10.7. The first-order chi connectivity index (χ1) is 8.32. The van der Waals surface area contributed by atoms with Gasteiger partial charge >= 0.3 is 0 Å². The molecule has 1 atom stereocenters. The summed E-state index contributed by atoms with van der Waals surface area (Å²) in [4.78, 5) is 0. The van der Waals surface area contributed by atoms with Gasteiger partial charge in [-0.25, -0.2) is 0 Å². The predicted octanol–water partition coefficient (Wildman–Crippen LogP) is 5.09. The zero-order chi connectivity index (χ0) is 12.1. The van der Waals surface area contributed by atoms with Crippen LogP contribution in [0.2, 0.25) is 0 Å². The van der Waals surface area contributed by atoms with E-state index in [1.807, 2.05) is 0 Å². The van der Waals surface area contributed by atoms with Gasteiger partial charge in [0.2, 0.25) is 0 Å². The summed E-state index contributed by atoms with van der Waals surface area (Å²) < 4.78 is 0. The van der Waals surface area contributed by atoms with Gasteiger partial charge in [-0.3, -0.25) is 0 Å². The van der Waals surface area contributed by atoms with Crippen molar-refractivity contribution in [2.24, 2.45) is 5.41 Å². The van der Waals surface area contributed by atoms with E-state index in [1.165, 1.54) is 37.7 Å². The first kappa shape index (κ1) is 12.2. The Morgan fingerprint density at radius 2 is 1.65 bits per heavy atom. The van der Waals surface area contributed by atoms with Crippen LogP contribution >= 0.6 is 0 Å². The Bertz CT molecular complexity index is 368.